The molecule has 1 rings (SSSR count). The summed E-state index contributed by atoms with van der Waals surface area (Å²) in [6.07, 6.45) is 7.49. The number of carbonyl (C=O) groups is 1. The fourth-order valence-corrected chi connectivity index (χ4v) is 2.27. The highest BCUT2D eigenvalue weighted by Crippen LogP contribution is 2.15. The number of aliphatic carboxylic acids is 1. The summed E-state index contributed by atoms with van der Waals surface area (Å²) in [6, 6.07) is 0.558. The van der Waals surface area contributed by atoms with Crippen LogP contribution in [0.2, 0.25) is 0 Å². The van der Waals surface area contributed by atoms with Crippen LogP contribution in [0.3, 0.4) is 0 Å². The monoisotopic (exact) mass is 213 g/mol. The van der Waals surface area contributed by atoms with Gasteiger partial charge in [0.05, 0.1) is 0 Å². The van der Waals surface area contributed by atoms with Gasteiger partial charge in [0.15, 0.2) is 0 Å². The van der Waals surface area contributed by atoms with E-state index >= 15 is 0 Å². The molecule has 15 heavy (non-hydrogen) atoms. The molecule has 0 aromatic rings. The Kier molecular flexibility index (Phi) is 5.69. The summed E-state index contributed by atoms with van der Waals surface area (Å²) in [4.78, 5) is 12.9. The van der Waals surface area contributed by atoms with Gasteiger partial charge in [0, 0.05) is 12.5 Å². The Labute approximate surface area is 92.5 Å². The SMILES string of the molecule is CC(CCCC(=O)O)N1CCCCCC1. The molecule has 0 spiro atoms. The van der Waals surface area contributed by atoms with Gasteiger partial charge in [-0.15, -0.1) is 0 Å². The van der Waals surface area contributed by atoms with Crippen LogP contribution in [0.25, 0.3) is 0 Å². The molecule has 3 nitrogen and oxygen atoms in total. The molecule has 1 saturated heterocycles. The van der Waals surface area contributed by atoms with Gasteiger partial charge in [-0.05, 0) is 45.7 Å². The molecule has 0 radical (unpaired) electrons. The van der Waals surface area contributed by atoms with Gasteiger partial charge < -0.3 is 10.0 Å². The minimum Gasteiger partial charge on any atom is -0.481 e. The Bertz CT molecular complexity index is 186. The smallest absolute Gasteiger partial charge is 0.303 e. The van der Waals surface area contributed by atoms with Crippen molar-refractivity contribution >= 4 is 5.97 Å². The minimum absolute atomic E-state index is 0.318. The summed E-state index contributed by atoms with van der Waals surface area (Å²) < 4.78 is 0. The third kappa shape index (κ3) is 5.17. The van der Waals surface area contributed by atoms with E-state index in [0.717, 1.165) is 12.8 Å². The van der Waals surface area contributed by atoms with E-state index in [1.54, 1.807) is 0 Å². The molecule has 1 fully saturated rings. The second-order valence-corrected chi connectivity index (χ2v) is 4.59. The van der Waals surface area contributed by atoms with Gasteiger partial charge in [-0.25, -0.2) is 0 Å². The number of nitrogens with zero attached hydrogens (tertiary/aromatic N) is 1. The molecule has 1 heterocycles. The summed E-state index contributed by atoms with van der Waals surface area (Å²) >= 11 is 0. The number of likely N-dealkylation sites (tertiary alicyclic amines) is 1. The van der Waals surface area contributed by atoms with Gasteiger partial charge in [0.2, 0.25) is 0 Å². The van der Waals surface area contributed by atoms with Crippen LogP contribution in [0.1, 0.15) is 51.9 Å². The zero-order valence-electron chi connectivity index (χ0n) is 9.74. The normalized spacial score (nSPS) is 20.9. The lowest BCUT2D eigenvalue weighted by atomic mass is 10.1. The van der Waals surface area contributed by atoms with Crippen molar-refractivity contribution in [3.63, 3.8) is 0 Å². The molecule has 1 atom stereocenters. The highest BCUT2D eigenvalue weighted by molar-refractivity contribution is 5.66. The van der Waals surface area contributed by atoms with Crippen LogP contribution >= 0.6 is 0 Å². The Hall–Kier alpha value is -0.570. The Morgan fingerprint density at radius 1 is 1.27 bits per heavy atom. The van der Waals surface area contributed by atoms with Crippen molar-refractivity contribution in [1.82, 2.24) is 4.90 Å². The first-order valence-corrected chi connectivity index (χ1v) is 6.16. The van der Waals surface area contributed by atoms with Gasteiger partial charge in [-0.2, -0.15) is 0 Å². The van der Waals surface area contributed by atoms with E-state index in [4.69, 9.17) is 5.11 Å². The fraction of sp³-hybridized carbons (Fsp3) is 0.917. The molecule has 3 heteroatoms. The fourth-order valence-electron chi connectivity index (χ4n) is 2.27. The quantitative estimate of drug-likeness (QED) is 0.763. The van der Waals surface area contributed by atoms with E-state index in [0.29, 0.717) is 12.5 Å². The molecular weight excluding hydrogens is 190 g/mol. The first-order chi connectivity index (χ1) is 7.20. The van der Waals surface area contributed by atoms with Crippen LogP contribution in [0.15, 0.2) is 0 Å². The summed E-state index contributed by atoms with van der Waals surface area (Å²) in [6.45, 7) is 4.63. The number of carboxylic acid groups (broad SMARTS) is 1. The van der Waals surface area contributed by atoms with Crippen molar-refractivity contribution in [2.45, 2.75) is 57.9 Å². The molecule has 0 aromatic heterocycles. The average molecular weight is 213 g/mol. The molecular formula is C12H23NO2. The van der Waals surface area contributed by atoms with Crippen molar-refractivity contribution in [3.05, 3.63) is 0 Å². The highest BCUT2D eigenvalue weighted by atomic mass is 16.4. The van der Waals surface area contributed by atoms with E-state index in [-0.39, 0.29) is 0 Å². The molecule has 1 aliphatic rings. The number of hydrogen-bond acceptors (Lipinski definition) is 2. The predicted octanol–water partition coefficient (Wildman–Crippen LogP) is 2.51. The average Bonchev–Trinajstić information content (AvgIpc) is 2.44. The second-order valence-electron chi connectivity index (χ2n) is 4.59. The molecule has 1 N–H and O–H groups in total. The van der Waals surface area contributed by atoms with E-state index in [1.807, 2.05) is 0 Å². The van der Waals surface area contributed by atoms with Crippen molar-refractivity contribution in [2.75, 3.05) is 13.1 Å². The summed E-state index contributed by atoms with van der Waals surface area (Å²) in [5, 5.41) is 8.57. The molecule has 88 valence electrons. The minimum atomic E-state index is -0.668. The van der Waals surface area contributed by atoms with E-state index in [1.165, 1.54) is 38.8 Å². The van der Waals surface area contributed by atoms with Crippen molar-refractivity contribution in [1.29, 1.82) is 0 Å². The Morgan fingerprint density at radius 3 is 2.40 bits per heavy atom. The summed E-state index contributed by atoms with van der Waals surface area (Å²) in [5.74, 6) is -0.668. The van der Waals surface area contributed by atoms with Gasteiger partial charge in [-0.3, -0.25) is 4.79 Å². The van der Waals surface area contributed by atoms with Gasteiger partial charge in [0.1, 0.15) is 0 Å². The maximum Gasteiger partial charge on any atom is 0.303 e. The van der Waals surface area contributed by atoms with Crippen LogP contribution < -0.4 is 0 Å². The van der Waals surface area contributed by atoms with Crippen LogP contribution in [0.5, 0.6) is 0 Å². The van der Waals surface area contributed by atoms with Crippen molar-refractivity contribution in [2.24, 2.45) is 0 Å². The van der Waals surface area contributed by atoms with Crippen molar-refractivity contribution in [3.8, 4) is 0 Å². The van der Waals surface area contributed by atoms with Crippen LogP contribution in [-0.4, -0.2) is 35.1 Å². The molecule has 0 amide bonds. The topological polar surface area (TPSA) is 40.5 Å². The summed E-state index contributed by atoms with van der Waals surface area (Å²) in [5.41, 5.74) is 0. The lowest BCUT2D eigenvalue weighted by Crippen LogP contribution is -2.33. The summed E-state index contributed by atoms with van der Waals surface area (Å²) in [7, 11) is 0. The van der Waals surface area contributed by atoms with E-state index in [9.17, 15) is 4.79 Å². The number of rotatable bonds is 5. The first kappa shape index (κ1) is 12.5. The Balaban J connectivity index is 2.19. The zero-order chi connectivity index (χ0) is 11.1. The third-order valence-corrected chi connectivity index (χ3v) is 3.28. The number of carboxylic acids is 1. The maximum atomic E-state index is 10.4. The lowest BCUT2D eigenvalue weighted by molar-refractivity contribution is -0.137. The zero-order valence-corrected chi connectivity index (χ0v) is 9.74. The van der Waals surface area contributed by atoms with Crippen LogP contribution in [0, 0.1) is 0 Å². The van der Waals surface area contributed by atoms with E-state index < -0.39 is 5.97 Å². The first-order valence-electron chi connectivity index (χ1n) is 6.16. The number of hydrogen-bond donors (Lipinski definition) is 1. The standard InChI is InChI=1S/C12H23NO2/c1-11(7-6-8-12(14)15)13-9-4-2-3-5-10-13/h11H,2-10H2,1H3,(H,14,15). The molecule has 1 unspecified atom stereocenters. The van der Waals surface area contributed by atoms with Gasteiger partial charge >= 0.3 is 5.97 Å². The molecule has 0 aromatic carbocycles. The molecule has 0 bridgehead atoms. The van der Waals surface area contributed by atoms with Crippen molar-refractivity contribution < 1.29 is 9.90 Å². The van der Waals surface area contributed by atoms with Crippen LogP contribution in [-0.2, 0) is 4.79 Å². The molecule has 1 aliphatic heterocycles. The third-order valence-electron chi connectivity index (χ3n) is 3.28. The lowest BCUT2D eigenvalue weighted by Gasteiger charge is -2.27. The highest BCUT2D eigenvalue weighted by Gasteiger charge is 2.15. The van der Waals surface area contributed by atoms with E-state index in [2.05, 4.69) is 11.8 Å². The molecule has 0 aliphatic carbocycles. The Morgan fingerprint density at radius 2 is 1.87 bits per heavy atom. The second kappa shape index (κ2) is 6.83. The van der Waals surface area contributed by atoms with Gasteiger partial charge in [0.25, 0.3) is 0 Å². The largest absolute Gasteiger partial charge is 0.481 e. The van der Waals surface area contributed by atoms with Gasteiger partial charge in [-0.1, -0.05) is 12.8 Å². The predicted molar refractivity (Wildman–Crippen MR) is 61.0 cm³/mol. The maximum absolute atomic E-state index is 10.4. The molecule has 0 saturated carbocycles. The van der Waals surface area contributed by atoms with Crippen LogP contribution in [0.4, 0.5) is 0 Å².